The molecule has 0 fully saturated rings. The molecule has 1 aromatic carbocycles. The lowest BCUT2D eigenvalue weighted by atomic mass is 10.2. The van der Waals surface area contributed by atoms with Crippen LogP contribution in [0.2, 0.25) is 0 Å². The van der Waals surface area contributed by atoms with E-state index in [9.17, 15) is 4.79 Å². The summed E-state index contributed by atoms with van der Waals surface area (Å²) in [6.45, 7) is 7.00. The van der Waals surface area contributed by atoms with Gasteiger partial charge in [0.2, 0.25) is 0 Å². The van der Waals surface area contributed by atoms with E-state index in [1.165, 1.54) is 0 Å². The maximum absolute atomic E-state index is 10.4. The number of hydrogen-bond donors (Lipinski definition) is 2. The van der Waals surface area contributed by atoms with Crippen molar-refractivity contribution in [3.05, 3.63) is 28.2 Å². The minimum Gasteiger partial charge on any atom is -0.497 e. The van der Waals surface area contributed by atoms with Crippen LogP contribution in [0.3, 0.4) is 0 Å². The van der Waals surface area contributed by atoms with E-state index in [1.54, 1.807) is 25.3 Å². The van der Waals surface area contributed by atoms with E-state index < -0.39 is 0 Å². The zero-order valence-electron chi connectivity index (χ0n) is 14.1. The molecule has 0 aliphatic rings. The van der Waals surface area contributed by atoms with Crippen molar-refractivity contribution in [2.75, 3.05) is 33.5 Å². The second-order valence-corrected chi connectivity index (χ2v) is 4.79. The monoisotopic (exact) mass is 394 g/mol. The summed E-state index contributed by atoms with van der Waals surface area (Å²) in [7, 11) is 1.57. The Morgan fingerprint density at radius 2 is 1.70 bits per heavy atom. The lowest BCUT2D eigenvalue weighted by Crippen LogP contribution is -2.11. The summed E-state index contributed by atoms with van der Waals surface area (Å²) in [6, 6.07) is 5.25. The molecule has 0 unspecified atom stereocenters. The van der Waals surface area contributed by atoms with Crippen LogP contribution < -0.4 is 4.74 Å². The minimum absolute atomic E-state index is 0.0370. The molecule has 134 valence electrons. The zero-order chi connectivity index (χ0) is 18.1. The standard InChI is InChI=1S/C8H7BrO2.C6H14O2.C2H6O2/c1-11-7-2-3-8(9)6(4-7)5-10;1-4-7-6(3)8-5-2;3-1-2-4/h2-5H,1H3;6H,4-5H2,1-3H3;3-4H,1-2H2. The Morgan fingerprint density at radius 1 is 1.17 bits per heavy atom. The quantitative estimate of drug-likeness (QED) is 0.546. The fourth-order valence-electron chi connectivity index (χ4n) is 1.26. The van der Waals surface area contributed by atoms with Crippen LogP contribution in [0.4, 0.5) is 0 Å². The molecule has 0 heterocycles. The van der Waals surface area contributed by atoms with Gasteiger partial charge in [-0.1, -0.05) is 15.9 Å². The Hall–Kier alpha value is -0.990. The topological polar surface area (TPSA) is 85.2 Å². The van der Waals surface area contributed by atoms with Crippen LogP contribution in [-0.4, -0.2) is 56.3 Å². The summed E-state index contributed by atoms with van der Waals surface area (Å²) in [6.07, 6.45) is 0.747. The molecule has 1 aromatic rings. The number of methoxy groups -OCH3 is 1. The summed E-state index contributed by atoms with van der Waals surface area (Å²) >= 11 is 3.23. The number of benzene rings is 1. The van der Waals surface area contributed by atoms with Crippen LogP contribution in [-0.2, 0) is 9.47 Å². The van der Waals surface area contributed by atoms with Gasteiger partial charge in [-0.05, 0) is 39.0 Å². The highest BCUT2D eigenvalue weighted by molar-refractivity contribution is 9.10. The summed E-state index contributed by atoms with van der Waals surface area (Å²) in [5.74, 6) is 0.690. The normalized spacial score (nSPS) is 9.39. The molecule has 1 rings (SSSR count). The van der Waals surface area contributed by atoms with Gasteiger partial charge in [-0.25, -0.2) is 0 Å². The summed E-state index contributed by atoms with van der Waals surface area (Å²) < 4.78 is 15.8. The van der Waals surface area contributed by atoms with Crippen LogP contribution in [0.15, 0.2) is 22.7 Å². The Morgan fingerprint density at radius 3 is 2.04 bits per heavy atom. The largest absolute Gasteiger partial charge is 0.497 e. The molecule has 0 aliphatic carbocycles. The molecule has 0 radical (unpaired) electrons. The van der Waals surface area contributed by atoms with E-state index in [4.69, 9.17) is 24.4 Å². The van der Waals surface area contributed by atoms with Gasteiger partial charge in [0.05, 0.1) is 20.3 Å². The lowest BCUT2D eigenvalue weighted by Gasteiger charge is -2.09. The Kier molecular flexibility index (Phi) is 18.3. The first-order chi connectivity index (χ1) is 11.0. The number of ether oxygens (including phenoxy) is 3. The molecule has 0 saturated heterocycles. The first kappa shape index (κ1) is 24.3. The molecule has 6 nitrogen and oxygen atoms in total. The van der Waals surface area contributed by atoms with Crippen molar-refractivity contribution in [1.29, 1.82) is 0 Å². The molecule has 0 aliphatic heterocycles. The van der Waals surface area contributed by atoms with Crippen molar-refractivity contribution in [3.63, 3.8) is 0 Å². The van der Waals surface area contributed by atoms with E-state index in [0.29, 0.717) is 11.3 Å². The maximum Gasteiger partial charge on any atom is 0.154 e. The van der Waals surface area contributed by atoms with Gasteiger partial charge in [0.15, 0.2) is 12.6 Å². The predicted molar refractivity (Wildman–Crippen MR) is 93.0 cm³/mol. The molecule has 23 heavy (non-hydrogen) atoms. The smallest absolute Gasteiger partial charge is 0.154 e. The van der Waals surface area contributed by atoms with Crippen molar-refractivity contribution in [2.24, 2.45) is 0 Å². The highest BCUT2D eigenvalue weighted by Crippen LogP contribution is 2.20. The Bertz CT molecular complexity index is 392. The van der Waals surface area contributed by atoms with Crippen molar-refractivity contribution >= 4 is 22.2 Å². The second kappa shape index (κ2) is 17.4. The molecular weight excluding hydrogens is 368 g/mol. The maximum atomic E-state index is 10.4. The second-order valence-electron chi connectivity index (χ2n) is 3.93. The van der Waals surface area contributed by atoms with Gasteiger partial charge in [-0.3, -0.25) is 4.79 Å². The van der Waals surface area contributed by atoms with Gasteiger partial charge < -0.3 is 24.4 Å². The molecule has 2 N–H and O–H groups in total. The fourth-order valence-corrected chi connectivity index (χ4v) is 1.60. The number of carbonyl (C=O) groups is 1. The van der Waals surface area contributed by atoms with Crippen molar-refractivity contribution in [2.45, 2.75) is 27.1 Å². The molecule has 0 amide bonds. The SMILES string of the molecule is CCOC(C)OCC.COc1ccc(Br)c(C=O)c1.OCCO. The summed E-state index contributed by atoms with van der Waals surface area (Å²) in [5, 5.41) is 15.2. The first-order valence-corrected chi connectivity index (χ1v) is 8.03. The fraction of sp³-hybridized carbons (Fsp3) is 0.562. The third-order valence-corrected chi connectivity index (χ3v) is 2.96. The summed E-state index contributed by atoms with van der Waals surface area (Å²) in [5.41, 5.74) is 0.601. The van der Waals surface area contributed by atoms with Crippen LogP contribution in [0, 0.1) is 0 Å². The van der Waals surface area contributed by atoms with Crippen molar-refractivity contribution in [3.8, 4) is 5.75 Å². The van der Waals surface area contributed by atoms with Crippen LogP contribution in [0.5, 0.6) is 5.75 Å². The van der Waals surface area contributed by atoms with Gasteiger partial charge in [0.25, 0.3) is 0 Å². The number of rotatable bonds is 7. The van der Waals surface area contributed by atoms with E-state index in [2.05, 4.69) is 15.9 Å². The highest BCUT2D eigenvalue weighted by Gasteiger charge is 1.99. The number of aldehydes is 1. The van der Waals surface area contributed by atoms with Gasteiger partial charge in [-0.15, -0.1) is 0 Å². The van der Waals surface area contributed by atoms with Gasteiger partial charge >= 0.3 is 0 Å². The van der Waals surface area contributed by atoms with Crippen LogP contribution >= 0.6 is 15.9 Å². The zero-order valence-corrected chi connectivity index (χ0v) is 15.7. The average molecular weight is 395 g/mol. The Balaban J connectivity index is 0. The molecule has 0 atom stereocenters. The van der Waals surface area contributed by atoms with E-state index in [-0.39, 0.29) is 19.5 Å². The van der Waals surface area contributed by atoms with Crippen molar-refractivity contribution in [1.82, 2.24) is 0 Å². The highest BCUT2D eigenvalue weighted by atomic mass is 79.9. The third-order valence-electron chi connectivity index (χ3n) is 2.23. The van der Waals surface area contributed by atoms with Gasteiger partial charge in [0, 0.05) is 23.2 Å². The molecule has 7 heteroatoms. The molecule has 0 aromatic heterocycles. The molecule has 0 saturated carbocycles. The van der Waals surface area contributed by atoms with E-state index in [1.807, 2.05) is 20.8 Å². The van der Waals surface area contributed by atoms with Crippen LogP contribution in [0.25, 0.3) is 0 Å². The molecule has 0 spiro atoms. The van der Waals surface area contributed by atoms with E-state index >= 15 is 0 Å². The predicted octanol–water partition coefficient (Wildman–Crippen LogP) is 2.65. The van der Waals surface area contributed by atoms with Gasteiger partial charge in [0.1, 0.15) is 5.75 Å². The number of aliphatic hydroxyl groups excluding tert-OH is 2. The third kappa shape index (κ3) is 14.3. The number of carbonyl (C=O) groups excluding carboxylic acids is 1. The number of halogens is 1. The summed E-state index contributed by atoms with van der Waals surface area (Å²) in [4.78, 5) is 10.4. The minimum atomic E-state index is -0.125. The van der Waals surface area contributed by atoms with E-state index in [0.717, 1.165) is 24.0 Å². The average Bonchev–Trinajstić information content (AvgIpc) is 2.56. The van der Waals surface area contributed by atoms with Crippen molar-refractivity contribution < 1.29 is 29.2 Å². The Labute approximate surface area is 146 Å². The van der Waals surface area contributed by atoms with Gasteiger partial charge in [-0.2, -0.15) is 0 Å². The number of hydrogen-bond acceptors (Lipinski definition) is 6. The van der Waals surface area contributed by atoms with Crippen LogP contribution in [0.1, 0.15) is 31.1 Å². The molecular formula is C16H27BrO6. The first-order valence-electron chi connectivity index (χ1n) is 7.24. The lowest BCUT2D eigenvalue weighted by molar-refractivity contribution is -0.123. The number of aliphatic hydroxyl groups is 2. The molecule has 0 bridgehead atoms.